The lowest BCUT2D eigenvalue weighted by Gasteiger charge is -2.27. The summed E-state index contributed by atoms with van der Waals surface area (Å²) in [5, 5.41) is 4.03. The molecular formula is C21H20Cl3N2O2. The van der Waals surface area contributed by atoms with Gasteiger partial charge in [0.15, 0.2) is 5.75 Å². The van der Waals surface area contributed by atoms with Gasteiger partial charge in [-0.25, -0.2) is 4.98 Å². The van der Waals surface area contributed by atoms with Crippen molar-refractivity contribution in [3.8, 4) is 5.75 Å². The zero-order valence-corrected chi connectivity index (χ0v) is 17.8. The van der Waals surface area contributed by atoms with Gasteiger partial charge in [0, 0.05) is 18.0 Å². The van der Waals surface area contributed by atoms with Crippen LogP contribution in [-0.2, 0) is 5.41 Å². The van der Waals surface area contributed by atoms with Crippen molar-refractivity contribution in [3.05, 3.63) is 76.5 Å². The molecule has 3 rings (SSSR count). The largest absolute Gasteiger partial charge is 0.489 e. The number of alkyl halides is 1. The van der Waals surface area contributed by atoms with Gasteiger partial charge in [-0.1, -0.05) is 49.2 Å². The number of oxazole rings is 1. The summed E-state index contributed by atoms with van der Waals surface area (Å²) in [7, 11) is 0. The van der Waals surface area contributed by atoms with Gasteiger partial charge in [0.2, 0.25) is 0 Å². The van der Waals surface area contributed by atoms with E-state index in [4.69, 9.17) is 44.0 Å². The van der Waals surface area contributed by atoms with Gasteiger partial charge in [0.1, 0.15) is 12.4 Å². The normalized spacial score (nSPS) is 11.5. The molecule has 0 spiro atoms. The summed E-state index contributed by atoms with van der Waals surface area (Å²) in [5.41, 5.74) is 2.63. The maximum atomic E-state index is 6.40. The first kappa shape index (κ1) is 20.8. The Labute approximate surface area is 179 Å². The fraction of sp³-hybridized carbons (Fsp3) is 0.238. The third-order valence-electron chi connectivity index (χ3n) is 4.45. The Morgan fingerprint density at radius 1 is 1.11 bits per heavy atom. The number of ether oxygens (including phenoxy) is 1. The SMILES string of the molecule is [CH2]c1cnc(Nc2ccc(C(C)(C)c3cc(Cl)c(OCCCl)c(Cl)c3)cc2)o1. The molecule has 0 unspecified atom stereocenters. The minimum Gasteiger partial charge on any atom is -0.489 e. The number of hydrogen-bond donors (Lipinski definition) is 1. The third kappa shape index (κ3) is 4.57. The summed E-state index contributed by atoms with van der Waals surface area (Å²) in [6, 6.07) is 12.2. The second kappa shape index (κ2) is 8.64. The molecule has 0 saturated carbocycles. The fourth-order valence-corrected chi connectivity index (χ4v) is 3.50. The third-order valence-corrected chi connectivity index (χ3v) is 5.17. The molecule has 1 N–H and O–H groups in total. The Balaban J connectivity index is 1.83. The van der Waals surface area contributed by atoms with Gasteiger partial charge in [-0.3, -0.25) is 0 Å². The van der Waals surface area contributed by atoms with Gasteiger partial charge in [0.05, 0.1) is 22.1 Å². The first-order valence-electron chi connectivity index (χ1n) is 8.65. The molecule has 7 heteroatoms. The second-order valence-electron chi connectivity index (χ2n) is 6.77. The highest BCUT2D eigenvalue weighted by molar-refractivity contribution is 6.37. The fourth-order valence-electron chi connectivity index (χ4n) is 2.82. The average molecular weight is 439 g/mol. The van der Waals surface area contributed by atoms with Crippen molar-refractivity contribution >= 4 is 46.5 Å². The van der Waals surface area contributed by atoms with E-state index in [-0.39, 0.29) is 5.41 Å². The van der Waals surface area contributed by atoms with E-state index in [9.17, 15) is 0 Å². The molecule has 0 aliphatic carbocycles. The molecule has 0 aliphatic rings. The van der Waals surface area contributed by atoms with E-state index < -0.39 is 0 Å². The smallest absolute Gasteiger partial charge is 0.299 e. The summed E-state index contributed by atoms with van der Waals surface area (Å²) in [5.74, 6) is 1.33. The van der Waals surface area contributed by atoms with Crippen LogP contribution in [0.1, 0.15) is 30.7 Å². The van der Waals surface area contributed by atoms with E-state index in [1.807, 2.05) is 36.4 Å². The Bertz CT molecular complexity index is 930. The molecular weight excluding hydrogens is 419 g/mol. The quantitative estimate of drug-likeness (QED) is 0.410. The summed E-state index contributed by atoms with van der Waals surface area (Å²) in [4.78, 5) is 4.09. The predicted molar refractivity (Wildman–Crippen MR) is 115 cm³/mol. The van der Waals surface area contributed by atoms with Gasteiger partial charge in [-0.05, 0) is 35.4 Å². The van der Waals surface area contributed by atoms with Gasteiger partial charge >= 0.3 is 0 Å². The number of benzene rings is 2. The second-order valence-corrected chi connectivity index (χ2v) is 7.96. The molecule has 3 aromatic rings. The first-order valence-corrected chi connectivity index (χ1v) is 9.94. The molecule has 0 bridgehead atoms. The van der Waals surface area contributed by atoms with Crippen molar-refractivity contribution in [2.75, 3.05) is 17.8 Å². The van der Waals surface area contributed by atoms with Gasteiger partial charge < -0.3 is 14.5 Å². The van der Waals surface area contributed by atoms with Gasteiger partial charge in [0.25, 0.3) is 6.01 Å². The first-order chi connectivity index (χ1) is 13.3. The Morgan fingerprint density at radius 3 is 2.29 bits per heavy atom. The Kier molecular flexibility index (Phi) is 6.43. The number of nitrogens with one attached hydrogen (secondary N) is 1. The molecule has 0 aliphatic heterocycles. The van der Waals surface area contributed by atoms with Crippen LogP contribution in [0.15, 0.2) is 47.0 Å². The number of rotatable bonds is 7. The molecule has 1 heterocycles. The molecule has 0 amide bonds. The summed E-state index contributed by atoms with van der Waals surface area (Å²) in [6.07, 6.45) is 1.56. The summed E-state index contributed by atoms with van der Waals surface area (Å²) in [6.45, 7) is 8.26. The lowest BCUT2D eigenvalue weighted by atomic mass is 9.78. The van der Waals surface area contributed by atoms with Crippen molar-refractivity contribution in [2.45, 2.75) is 19.3 Å². The van der Waals surface area contributed by atoms with E-state index >= 15 is 0 Å². The van der Waals surface area contributed by atoms with Crippen LogP contribution >= 0.6 is 34.8 Å². The highest BCUT2D eigenvalue weighted by Gasteiger charge is 2.25. The van der Waals surface area contributed by atoms with Crippen LogP contribution < -0.4 is 10.1 Å². The van der Waals surface area contributed by atoms with Crippen molar-refractivity contribution in [1.82, 2.24) is 4.98 Å². The van der Waals surface area contributed by atoms with E-state index in [0.717, 1.165) is 16.8 Å². The molecule has 0 atom stereocenters. The molecule has 28 heavy (non-hydrogen) atoms. The van der Waals surface area contributed by atoms with Crippen LogP contribution in [0, 0.1) is 6.92 Å². The minimum atomic E-state index is -0.319. The Hall–Kier alpha value is -1.88. The van der Waals surface area contributed by atoms with Crippen molar-refractivity contribution in [1.29, 1.82) is 0 Å². The van der Waals surface area contributed by atoms with Crippen LogP contribution in [0.3, 0.4) is 0 Å². The molecule has 0 fully saturated rings. The van der Waals surface area contributed by atoms with E-state index in [1.54, 1.807) is 6.20 Å². The number of nitrogens with zero attached hydrogens (tertiary/aromatic N) is 1. The standard InChI is InChI=1S/C21H20Cl3N2O2/c1-13-12-25-20(28-13)26-16-6-4-14(5-7-16)21(2,3)15-10-17(23)19(18(24)11-15)27-9-8-22/h4-7,10-12H,1,8-9H2,2-3H3,(H,25,26). The molecule has 0 saturated heterocycles. The maximum absolute atomic E-state index is 6.40. The van der Waals surface area contributed by atoms with E-state index in [1.165, 1.54) is 0 Å². The molecule has 2 aromatic carbocycles. The van der Waals surface area contributed by atoms with Crippen molar-refractivity contribution < 1.29 is 9.15 Å². The molecule has 1 aromatic heterocycles. The molecule has 4 nitrogen and oxygen atoms in total. The van der Waals surface area contributed by atoms with Crippen LogP contribution in [0.5, 0.6) is 5.75 Å². The number of anilines is 2. The summed E-state index contributed by atoms with van der Waals surface area (Å²) >= 11 is 18.5. The maximum Gasteiger partial charge on any atom is 0.299 e. The zero-order chi connectivity index (χ0) is 20.3. The van der Waals surface area contributed by atoms with E-state index in [0.29, 0.717) is 40.1 Å². The van der Waals surface area contributed by atoms with Crippen molar-refractivity contribution in [3.63, 3.8) is 0 Å². The monoisotopic (exact) mass is 437 g/mol. The number of aromatic nitrogens is 1. The molecule has 147 valence electrons. The van der Waals surface area contributed by atoms with E-state index in [2.05, 4.69) is 31.1 Å². The predicted octanol–water partition coefficient (Wildman–Crippen LogP) is 6.85. The lowest BCUT2D eigenvalue weighted by Crippen LogP contribution is -2.19. The van der Waals surface area contributed by atoms with Crippen LogP contribution in [-0.4, -0.2) is 17.5 Å². The Morgan fingerprint density at radius 2 is 1.75 bits per heavy atom. The average Bonchev–Trinajstić information content (AvgIpc) is 3.06. The van der Waals surface area contributed by atoms with Gasteiger partial charge in [-0.2, -0.15) is 0 Å². The van der Waals surface area contributed by atoms with Crippen LogP contribution in [0.2, 0.25) is 10.0 Å². The highest BCUT2D eigenvalue weighted by Crippen LogP contribution is 2.40. The van der Waals surface area contributed by atoms with Gasteiger partial charge in [-0.15, -0.1) is 11.6 Å². The lowest BCUT2D eigenvalue weighted by molar-refractivity contribution is 0.343. The van der Waals surface area contributed by atoms with Crippen LogP contribution in [0.4, 0.5) is 11.7 Å². The van der Waals surface area contributed by atoms with Crippen molar-refractivity contribution in [2.24, 2.45) is 0 Å². The summed E-state index contributed by atoms with van der Waals surface area (Å²) < 4.78 is 10.9. The number of hydrogen-bond acceptors (Lipinski definition) is 4. The highest BCUT2D eigenvalue weighted by atomic mass is 35.5. The zero-order valence-electron chi connectivity index (χ0n) is 15.6. The molecule has 1 radical (unpaired) electrons. The van der Waals surface area contributed by atoms with Crippen LogP contribution in [0.25, 0.3) is 0 Å². The minimum absolute atomic E-state index is 0.319. The number of halogens is 3. The topological polar surface area (TPSA) is 47.3 Å².